The fourth-order valence-corrected chi connectivity index (χ4v) is 9.82. The topological polar surface area (TPSA) is 18.5 Å². The number of unbranched alkanes of at least 4 members (excludes halogenated alkanes) is 1. The molecule has 0 unspecified atom stereocenters. The van der Waals surface area contributed by atoms with Gasteiger partial charge in [-0.1, -0.05) is 6.42 Å². The van der Waals surface area contributed by atoms with Crippen LogP contribution in [0.1, 0.15) is 12.8 Å². The lowest BCUT2D eigenvalue weighted by atomic mass is 10.4. The van der Waals surface area contributed by atoms with E-state index in [4.69, 9.17) is 8.85 Å². The molecule has 0 aliphatic heterocycles. The van der Waals surface area contributed by atoms with E-state index in [0.717, 1.165) is 6.61 Å². The molecule has 0 heterocycles. The molecule has 2 nitrogen and oxygen atoms in total. The number of hydrogen-bond acceptors (Lipinski definition) is 2. The van der Waals surface area contributed by atoms with Crippen LogP contribution in [0, 0.1) is 0 Å². The maximum Gasteiger partial charge on any atom is 0.173 e. The van der Waals surface area contributed by atoms with Crippen molar-refractivity contribution < 1.29 is 8.85 Å². The molecule has 0 fully saturated rings. The summed E-state index contributed by atoms with van der Waals surface area (Å²) < 4.78 is 11.3. The summed E-state index contributed by atoms with van der Waals surface area (Å²) in [5.41, 5.74) is 0. The van der Waals surface area contributed by atoms with Gasteiger partial charge >= 0.3 is 0 Å². The summed E-state index contributed by atoms with van der Waals surface area (Å²) in [5.74, 6) is 0. The van der Waals surface area contributed by atoms with Gasteiger partial charge in [0.05, 0.1) is 0 Å². The molecule has 4 heteroatoms. The zero-order chi connectivity index (χ0) is 11.2. The van der Waals surface area contributed by atoms with Gasteiger partial charge in [0.2, 0.25) is 0 Å². The van der Waals surface area contributed by atoms with Gasteiger partial charge in [-0.15, -0.1) is 0 Å². The first kappa shape index (κ1) is 14.4. The second-order valence-corrected chi connectivity index (χ2v) is 14.5. The number of ether oxygens (including phenoxy) is 1. The lowest BCUT2D eigenvalue weighted by Gasteiger charge is -2.31. The first-order valence-electron chi connectivity index (χ1n) is 5.46. The van der Waals surface area contributed by atoms with Gasteiger partial charge < -0.3 is 8.85 Å². The van der Waals surface area contributed by atoms with Crippen LogP contribution in [-0.4, -0.2) is 30.4 Å². The SMILES string of the molecule is COCCCC[Si](C)(C)O[Si](C)(C)C. The Labute approximate surface area is 91.3 Å². The summed E-state index contributed by atoms with van der Waals surface area (Å²) in [5, 5.41) is 0. The van der Waals surface area contributed by atoms with Crippen molar-refractivity contribution in [2.45, 2.75) is 51.6 Å². The average molecular weight is 234 g/mol. The number of methoxy groups -OCH3 is 1. The third-order valence-electron chi connectivity index (χ3n) is 1.96. The van der Waals surface area contributed by atoms with Gasteiger partial charge in [0.1, 0.15) is 0 Å². The van der Waals surface area contributed by atoms with E-state index in [1.54, 1.807) is 7.11 Å². The Balaban J connectivity index is 3.72. The minimum atomic E-state index is -1.38. The summed E-state index contributed by atoms with van der Waals surface area (Å²) in [7, 11) is -0.948. The molecule has 0 aliphatic rings. The quantitative estimate of drug-likeness (QED) is 0.496. The molecule has 0 saturated carbocycles. The van der Waals surface area contributed by atoms with E-state index in [9.17, 15) is 0 Å². The average Bonchev–Trinajstić information content (AvgIpc) is 1.93. The van der Waals surface area contributed by atoms with E-state index in [1.807, 2.05) is 0 Å². The Morgan fingerprint density at radius 1 is 0.929 bits per heavy atom. The molecule has 14 heavy (non-hydrogen) atoms. The second-order valence-electron chi connectivity index (χ2n) is 5.42. The molecule has 0 aromatic carbocycles. The zero-order valence-electron chi connectivity index (χ0n) is 10.6. The standard InChI is InChI=1S/C10H26O2Si2/c1-11-9-7-8-10-14(5,6)12-13(2,3)4/h7-10H2,1-6H3. The summed E-state index contributed by atoms with van der Waals surface area (Å²) in [6.45, 7) is 12.4. The lowest BCUT2D eigenvalue weighted by molar-refractivity contribution is 0.194. The molecule has 0 atom stereocenters. The van der Waals surface area contributed by atoms with Crippen LogP contribution in [0.25, 0.3) is 0 Å². The van der Waals surface area contributed by atoms with Crippen molar-refractivity contribution >= 4 is 16.6 Å². The van der Waals surface area contributed by atoms with E-state index in [1.165, 1.54) is 18.9 Å². The molecule has 86 valence electrons. The molecular weight excluding hydrogens is 208 g/mol. The highest BCUT2D eigenvalue weighted by atomic mass is 28.4. The van der Waals surface area contributed by atoms with Crippen molar-refractivity contribution in [2.24, 2.45) is 0 Å². The lowest BCUT2D eigenvalue weighted by Crippen LogP contribution is -2.42. The third kappa shape index (κ3) is 8.93. The molecule has 0 spiro atoms. The fourth-order valence-electron chi connectivity index (χ4n) is 1.68. The van der Waals surface area contributed by atoms with Gasteiger partial charge in [0.25, 0.3) is 0 Å². The third-order valence-corrected chi connectivity index (χ3v) is 8.18. The normalized spacial score (nSPS) is 13.3. The summed E-state index contributed by atoms with van der Waals surface area (Å²) in [6, 6.07) is 1.26. The van der Waals surface area contributed by atoms with Gasteiger partial charge in [0, 0.05) is 13.7 Å². The van der Waals surface area contributed by atoms with Crippen LogP contribution in [0.3, 0.4) is 0 Å². The summed E-state index contributed by atoms with van der Waals surface area (Å²) in [4.78, 5) is 0. The Morgan fingerprint density at radius 2 is 1.50 bits per heavy atom. The molecule has 0 N–H and O–H groups in total. The van der Waals surface area contributed by atoms with Crippen LogP contribution in [0.2, 0.25) is 38.8 Å². The van der Waals surface area contributed by atoms with Gasteiger partial charge in [-0.05, 0) is 45.2 Å². The summed E-state index contributed by atoms with van der Waals surface area (Å²) >= 11 is 0. The Morgan fingerprint density at radius 3 is 1.93 bits per heavy atom. The van der Waals surface area contributed by atoms with Crippen LogP contribution in [-0.2, 0) is 8.85 Å². The molecule has 0 radical (unpaired) electrons. The van der Waals surface area contributed by atoms with Crippen LogP contribution < -0.4 is 0 Å². The van der Waals surface area contributed by atoms with Crippen molar-refractivity contribution in [3.8, 4) is 0 Å². The molecule has 0 aromatic heterocycles. The Kier molecular flexibility index (Phi) is 6.20. The van der Waals surface area contributed by atoms with Crippen molar-refractivity contribution in [1.29, 1.82) is 0 Å². The number of hydrogen-bond donors (Lipinski definition) is 0. The molecule has 0 aromatic rings. The van der Waals surface area contributed by atoms with Gasteiger partial charge in [-0.3, -0.25) is 0 Å². The van der Waals surface area contributed by atoms with E-state index in [0.29, 0.717) is 0 Å². The van der Waals surface area contributed by atoms with Crippen molar-refractivity contribution in [3.63, 3.8) is 0 Å². The highest BCUT2D eigenvalue weighted by molar-refractivity contribution is 6.84. The maximum atomic E-state index is 6.24. The van der Waals surface area contributed by atoms with E-state index < -0.39 is 16.6 Å². The highest BCUT2D eigenvalue weighted by Crippen LogP contribution is 2.20. The largest absolute Gasteiger partial charge is 0.456 e. The Bertz CT molecular complexity index is 153. The smallest absolute Gasteiger partial charge is 0.173 e. The van der Waals surface area contributed by atoms with Crippen molar-refractivity contribution in [1.82, 2.24) is 0 Å². The Hall–Kier alpha value is 0.354. The first-order chi connectivity index (χ1) is 6.27. The predicted octanol–water partition coefficient (Wildman–Crippen LogP) is 3.47. The minimum Gasteiger partial charge on any atom is -0.456 e. The van der Waals surface area contributed by atoms with Crippen molar-refractivity contribution in [3.05, 3.63) is 0 Å². The molecular formula is C10H26O2Si2. The molecule has 0 aliphatic carbocycles. The first-order valence-corrected chi connectivity index (χ1v) is 12.0. The minimum absolute atomic E-state index is 0.886. The maximum absolute atomic E-state index is 6.24. The fraction of sp³-hybridized carbons (Fsp3) is 1.00. The van der Waals surface area contributed by atoms with Crippen LogP contribution in [0.15, 0.2) is 0 Å². The zero-order valence-corrected chi connectivity index (χ0v) is 12.6. The second kappa shape index (κ2) is 6.05. The van der Waals surface area contributed by atoms with E-state index >= 15 is 0 Å². The molecule has 0 amide bonds. The summed E-state index contributed by atoms with van der Waals surface area (Å²) in [6.07, 6.45) is 2.42. The molecule has 0 rings (SSSR count). The van der Waals surface area contributed by atoms with Crippen molar-refractivity contribution in [2.75, 3.05) is 13.7 Å². The number of rotatable bonds is 7. The van der Waals surface area contributed by atoms with Gasteiger partial charge in [-0.2, -0.15) is 0 Å². The van der Waals surface area contributed by atoms with E-state index in [2.05, 4.69) is 32.7 Å². The molecule has 0 saturated heterocycles. The highest BCUT2D eigenvalue weighted by Gasteiger charge is 2.28. The van der Waals surface area contributed by atoms with Crippen LogP contribution >= 0.6 is 0 Å². The van der Waals surface area contributed by atoms with Crippen LogP contribution in [0.4, 0.5) is 0 Å². The predicted molar refractivity (Wildman–Crippen MR) is 67.8 cm³/mol. The van der Waals surface area contributed by atoms with Gasteiger partial charge in [0.15, 0.2) is 16.6 Å². The van der Waals surface area contributed by atoms with Gasteiger partial charge in [-0.25, -0.2) is 0 Å². The van der Waals surface area contributed by atoms with Crippen LogP contribution in [0.5, 0.6) is 0 Å². The molecule has 0 bridgehead atoms. The monoisotopic (exact) mass is 234 g/mol. The van der Waals surface area contributed by atoms with E-state index in [-0.39, 0.29) is 0 Å².